The van der Waals surface area contributed by atoms with Crippen molar-refractivity contribution < 1.29 is 14.4 Å². The van der Waals surface area contributed by atoms with Gasteiger partial charge in [0.2, 0.25) is 16.9 Å². The number of nitrogens with zero attached hydrogens (tertiary/aromatic N) is 3. The van der Waals surface area contributed by atoms with Gasteiger partial charge in [-0.3, -0.25) is 19.7 Å². The van der Waals surface area contributed by atoms with Crippen LogP contribution in [0.1, 0.15) is 47.1 Å². The molecule has 0 saturated carbocycles. The average Bonchev–Trinajstić information content (AvgIpc) is 3.40. The van der Waals surface area contributed by atoms with Gasteiger partial charge in [-0.15, -0.1) is 10.2 Å². The molecule has 0 spiro atoms. The number of aromatic nitrogens is 2. The van der Waals surface area contributed by atoms with Crippen molar-refractivity contribution in [1.82, 2.24) is 10.2 Å². The summed E-state index contributed by atoms with van der Waals surface area (Å²) in [5.74, 6) is -0.650. The number of amides is 3. The Morgan fingerprint density at radius 3 is 2.64 bits per heavy atom. The second-order valence-corrected chi connectivity index (χ2v) is 9.38. The molecule has 0 bridgehead atoms. The van der Waals surface area contributed by atoms with Crippen molar-refractivity contribution in [2.45, 2.75) is 33.1 Å². The van der Waals surface area contributed by atoms with Crippen LogP contribution >= 0.6 is 11.3 Å². The first-order chi connectivity index (χ1) is 15.8. The summed E-state index contributed by atoms with van der Waals surface area (Å²) in [5, 5.41) is 14.9. The van der Waals surface area contributed by atoms with Crippen LogP contribution in [0.15, 0.2) is 48.5 Å². The maximum atomic E-state index is 12.7. The van der Waals surface area contributed by atoms with Gasteiger partial charge in [0.15, 0.2) is 0 Å². The highest BCUT2D eigenvalue weighted by molar-refractivity contribution is 7.15. The minimum Gasteiger partial charge on any atom is -0.326 e. The average molecular weight is 464 g/mol. The lowest BCUT2D eigenvalue weighted by Crippen LogP contribution is -2.24. The molecule has 2 heterocycles. The molecule has 0 radical (unpaired) electrons. The Hall–Kier alpha value is -3.59. The van der Waals surface area contributed by atoms with E-state index in [2.05, 4.69) is 20.8 Å². The molecule has 8 nitrogen and oxygen atoms in total. The quantitative estimate of drug-likeness (QED) is 0.570. The minimum absolute atomic E-state index is 0.0478. The zero-order valence-electron chi connectivity index (χ0n) is 18.7. The Bertz CT molecular complexity index is 1210. The molecule has 1 fully saturated rings. The molecule has 1 aliphatic rings. The molecule has 9 heteroatoms. The summed E-state index contributed by atoms with van der Waals surface area (Å²) in [7, 11) is 0. The molecule has 2 aromatic carbocycles. The topological polar surface area (TPSA) is 104 Å². The predicted octanol–water partition coefficient (Wildman–Crippen LogP) is 4.21. The van der Waals surface area contributed by atoms with Crippen LogP contribution in [0.25, 0.3) is 0 Å². The second-order valence-electron chi connectivity index (χ2n) is 8.37. The van der Waals surface area contributed by atoms with Gasteiger partial charge in [0, 0.05) is 41.7 Å². The Labute approximate surface area is 196 Å². The largest absolute Gasteiger partial charge is 0.326 e. The van der Waals surface area contributed by atoms with Crippen LogP contribution < -0.4 is 15.5 Å². The van der Waals surface area contributed by atoms with Crippen molar-refractivity contribution in [3.8, 4) is 0 Å². The van der Waals surface area contributed by atoms with Gasteiger partial charge in [-0.25, -0.2) is 0 Å². The van der Waals surface area contributed by atoms with Crippen LogP contribution in [0, 0.1) is 12.8 Å². The van der Waals surface area contributed by atoms with E-state index in [9.17, 15) is 14.4 Å². The number of carbonyl (C=O) groups is 3. The Balaban J connectivity index is 1.41. The van der Waals surface area contributed by atoms with Gasteiger partial charge in [-0.05, 0) is 42.8 Å². The number of rotatable bonds is 6. The van der Waals surface area contributed by atoms with Crippen LogP contribution in [-0.4, -0.2) is 34.5 Å². The maximum Gasteiger partial charge on any atom is 0.257 e. The van der Waals surface area contributed by atoms with E-state index in [-0.39, 0.29) is 29.6 Å². The van der Waals surface area contributed by atoms with E-state index in [1.807, 2.05) is 31.2 Å². The second kappa shape index (κ2) is 9.50. The van der Waals surface area contributed by atoms with Crippen LogP contribution in [-0.2, 0) is 9.59 Å². The summed E-state index contributed by atoms with van der Waals surface area (Å²) >= 11 is 1.27. The van der Waals surface area contributed by atoms with E-state index in [1.165, 1.54) is 11.3 Å². The highest BCUT2D eigenvalue weighted by Gasteiger charge is 2.34. The van der Waals surface area contributed by atoms with Gasteiger partial charge in [-0.2, -0.15) is 0 Å². The van der Waals surface area contributed by atoms with Crippen molar-refractivity contribution in [3.63, 3.8) is 0 Å². The molecule has 1 aromatic heterocycles. The molecule has 1 saturated heterocycles. The number of anilines is 3. The van der Waals surface area contributed by atoms with Gasteiger partial charge in [0.05, 0.1) is 0 Å². The zero-order valence-corrected chi connectivity index (χ0v) is 19.5. The number of aryl methyl sites for hydroxylation is 1. The third-order valence-electron chi connectivity index (χ3n) is 5.37. The van der Waals surface area contributed by atoms with Gasteiger partial charge in [0.25, 0.3) is 5.91 Å². The van der Waals surface area contributed by atoms with E-state index in [0.717, 1.165) is 11.3 Å². The third kappa shape index (κ3) is 5.25. The Kier molecular flexibility index (Phi) is 6.50. The number of hydrogen-bond donors (Lipinski definition) is 2. The molecule has 4 rings (SSSR count). The summed E-state index contributed by atoms with van der Waals surface area (Å²) in [6, 6.07) is 14.6. The lowest BCUT2D eigenvalue weighted by atomic mass is 10.1. The molecule has 1 unspecified atom stereocenters. The van der Waals surface area contributed by atoms with Gasteiger partial charge < -0.3 is 10.2 Å². The zero-order chi connectivity index (χ0) is 23.5. The normalized spacial score (nSPS) is 15.7. The molecule has 170 valence electrons. The first-order valence-corrected chi connectivity index (χ1v) is 11.5. The van der Waals surface area contributed by atoms with Crippen molar-refractivity contribution in [3.05, 3.63) is 64.7 Å². The first-order valence-electron chi connectivity index (χ1n) is 10.7. The minimum atomic E-state index is -0.345. The molecular formula is C24H25N5O3S. The molecule has 1 aliphatic heterocycles. The van der Waals surface area contributed by atoms with E-state index >= 15 is 0 Å². The molecule has 0 aliphatic carbocycles. The summed E-state index contributed by atoms with van der Waals surface area (Å²) < 4.78 is 0. The number of nitrogens with one attached hydrogen (secondary N) is 2. The maximum absolute atomic E-state index is 12.7. The van der Waals surface area contributed by atoms with Crippen LogP contribution in [0.3, 0.4) is 0 Å². The van der Waals surface area contributed by atoms with Gasteiger partial charge in [-0.1, -0.05) is 43.4 Å². The summed E-state index contributed by atoms with van der Waals surface area (Å²) in [5.41, 5.74) is 2.93. The Morgan fingerprint density at radius 1 is 1.09 bits per heavy atom. The highest BCUT2D eigenvalue weighted by atomic mass is 32.1. The number of carbonyl (C=O) groups excluding carboxylic acids is 3. The predicted molar refractivity (Wildman–Crippen MR) is 129 cm³/mol. The fourth-order valence-corrected chi connectivity index (χ4v) is 4.39. The van der Waals surface area contributed by atoms with E-state index in [0.29, 0.717) is 34.4 Å². The van der Waals surface area contributed by atoms with Crippen LogP contribution in [0.4, 0.5) is 16.5 Å². The van der Waals surface area contributed by atoms with E-state index < -0.39 is 0 Å². The fourth-order valence-electron chi connectivity index (χ4n) is 3.56. The first kappa shape index (κ1) is 22.6. The smallest absolute Gasteiger partial charge is 0.257 e. The molecule has 2 N–H and O–H groups in total. The third-order valence-corrected chi connectivity index (χ3v) is 6.37. The molecule has 3 amide bonds. The number of benzene rings is 2. The van der Waals surface area contributed by atoms with Crippen molar-refractivity contribution in [1.29, 1.82) is 0 Å². The van der Waals surface area contributed by atoms with Crippen molar-refractivity contribution in [2.24, 2.45) is 5.92 Å². The molecule has 1 atom stereocenters. The van der Waals surface area contributed by atoms with Gasteiger partial charge >= 0.3 is 0 Å². The molecule has 3 aromatic rings. The lowest BCUT2D eigenvalue weighted by molar-refractivity contribution is -0.119. The summed E-state index contributed by atoms with van der Waals surface area (Å²) in [6.07, 6.45) is 0.355. The SMILES string of the molecule is Cc1cccc(N2CC(c3nnc(NC(=O)c4cccc(NC(=O)C(C)C)c4)s3)CC2=O)c1. The van der Waals surface area contributed by atoms with Crippen LogP contribution in [0.2, 0.25) is 0 Å². The van der Waals surface area contributed by atoms with Gasteiger partial charge in [0.1, 0.15) is 5.01 Å². The standard InChI is InChI=1S/C24H25N5O3S/c1-14(2)21(31)25-18-8-5-7-16(11-18)22(32)26-24-28-27-23(33-24)17-12-20(30)29(13-17)19-9-4-6-15(3)10-19/h4-11,14,17H,12-13H2,1-3H3,(H,25,31)(H,26,28,32). The molecular weight excluding hydrogens is 438 g/mol. The lowest BCUT2D eigenvalue weighted by Gasteiger charge is -2.16. The highest BCUT2D eigenvalue weighted by Crippen LogP contribution is 2.34. The summed E-state index contributed by atoms with van der Waals surface area (Å²) in [6.45, 7) is 6.13. The Morgan fingerprint density at radius 2 is 1.88 bits per heavy atom. The fraction of sp³-hybridized carbons (Fsp3) is 0.292. The van der Waals surface area contributed by atoms with E-state index in [4.69, 9.17) is 0 Å². The van der Waals surface area contributed by atoms with Crippen LogP contribution in [0.5, 0.6) is 0 Å². The summed E-state index contributed by atoms with van der Waals surface area (Å²) in [4.78, 5) is 38.9. The molecule has 33 heavy (non-hydrogen) atoms. The number of hydrogen-bond acceptors (Lipinski definition) is 6. The van der Waals surface area contributed by atoms with E-state index in [1.54, 1.807) is 43.0 Å². The monoisotopic (exact) mass is 463 g/mol. The van der Waals surface area contributed by atoms with Crippen molar-refractivity contribution >= 4 is 45.6 Å². The van der Waals surface area contributed by atoms with Crippen molar-refractivity contribution in [2.75, 3.05) is 22.1 Å².